The van der Waals surface area contributed by atoms with E-state index in [1.807, 2.05) is 0 Å². The smallest absolute Gasteiger partial charge is 0.174 e. The number of hydroxylamine groups is 2. The van der Waals surface area contributed by atoms with Crippen LogP contribution < -0.4 is 0 Å². The maximum atomic E-state index is 10.9. The number of hydrogen-bond acceptors (Lipinski definition) is 5. The van der Waals surface area contributed by atoms with Gasteiger partial charge in [-0.1, -0.05) is 27.7 Å². The Labute approximate surface area is 141 Å². The molecule has 1 spiro atoms. The summed E-state index contributed by atoms with van der Waals surface area (Å²) in [6, 6.07) is 0. The summed E-state index contributed by atoms with van der Waals surface area (Å²) in [7, 11) is 1.71. The predicted molar refractivity (Wildman–Crippen MR) is 89.4 cm³/mol. The van der Waals surface area contributed by atoms with Crippen LogP contribution in [-0.4, -0.2) is 54.1 Å². The third-order valence-corrected chi connectivity index (χ3v) is 6.52. The Morgan fingerprint density at radius 2 is 1.70 bits per heavy atom. The molecule has 2 fully saturated rings. The Kier molecular flexibility index (Phi) is 5.21. The summed E-state index contributed by atoms with van der Waals surface area (Å²) >= 11 is 0. The minimum absolute atomic E-state index is 0.0664. The van der Waals surface area contributed by atoms with Gasteiger partial charge in [-0.25, -0.2) is 0 Å². The summed E-state index contributed by atoms with van der Waals surface area (Å²) in [5.74, 6) is -0.570. The molecule has 136 valence electrons. The number of rotatable bonds is 4. The lowest BCUT2D eigenvalue weighted by Gasteiger charge is -2.63. The molecule has 0 aromatic carbocycles. The summed E-state index contributed by atoms with van der Waals surface area (Å²) in [6.07, 6.45) is 2.35. The van der Waals surface area contributed by atoms with Gasteiger partial charge in [0.2, 0.25) is 0 Å². The normalized spacial score (nSPS) is 48.8. The number of ether oxygens (including phenoxy) is 3. The van der Waals surface area contributed by atoms with E-state index in [1.165, 1.54) is 0 Å². The third kappa shape index (κ3) is 2.95. The van der Waals surface area contributed by atoms with Gasteiger partial charge >= 0.3 is 0 Å². The molecule has 5 heteroatoms. The third-order valence-electron chi connectivity index (χ3n) is 6.52. The molecule has 0 amide bonds. The van der Waals surface area contributed by atoms with E-state index < -0.39 is 5.79 Å². The summed E-state index contributed by atoms with van der Waals surface area (Å²) < 4.78 is 18.1. The molecular weight excluding hydrogens is 294 g/mol. The van der Waals surface area contributed by atoms with Crippen molar-refractivity contribution in [1.29, 1.82) is 0 Å². The van der Waals surface area contributed by atoms with Crippen LogP contribution in [0.3, 0.4) is 0 Å². The van der Waals surface area contributed by atoms with Gasteiger partial charge in [-0.15, -0.1) is 0 Å². The first-order chi connectivity index (χ1) is 10.6. The van der Waals surface area contributed by atoms with E-state index in [0.717, 1.165) is 12.8 Å². The molecule has 2 saturated heterocycles. The monoisotopic (exact) mass is 329 g/mol. The second-order valence-corrected chi connectivity index (χ2v) is 8.40. The lowest BCUT2D eigenvalue weighted by molar-refractivity contribution is -0.401. The van der Waals surface area contributed by atoms with Crippen LogP contribution >= 0.6 is 0 Å². The lowest BCUT2D eigenvalue weighted by atomic mass is 9.67. The van der Waals surface area contributed by atoms with Crippen molar-refractivity contribution in [3.05, 3.63) is 0 Å². The van der Waals surface area contributed by atoms with E-state index in [9.17, 15) is 5.21 Å². The van der Waals surface area contributed by atoms with E-state index in [4.69, 9.17) is 14.2 Å². The molecule has 2 rings (SSSR count). The molecular formula is C18H35NO4. The fraction of sp³-hybridized carbons (Fsp3) is 1.00. The van der Waals surface area contributed by atoms with Crippen LogP contribution in [-0.2, 0) is 14.2 Å². The van der Waals surface area contributed by atoms with Gasteiger partial charge in [0.25, 0.3) is 0 Å². The first kappa shape index (κ1) is 19.1. The van der Waals surface area contributed by atoms with E-state index >= 15 is 0 Å². The fourth-order valence-electron chi connectivity index (χ4n) is 4.22. The van der Waals surface area contributed by atoms with Crippen molar-refractivity contribution in [2.24, 2.45) is 11.3 Å². The molecule has 0 bridgehead atoms. The molecule has 0 aliphatic carbocycles. The number of hydrogen-bond donors (Lipinski definition) is 1. The quantitative estimate of drug-likeness (QED) is 0.856. The van der Waals surface area contributed by atoms with Crippen molar-refractivity contribution in [2.75, 3.05) is 26.9 Å². The van der Waals surface area contributed by atoms with Gasteiger partial charge in [0.1, 0.15) is 0 Å². The zero-order valence-corrected chi connectivity index (χ0v) is 15.9. The van der Waals surface area contributed by atoms with E-state index in [1.54, 1.807) is 12.2 Å². The highest BCUT2D eigenvalue weighted by Gasteiger charge is 2.62. The van der Waals surface area contributed by atoms with Crippen molar-refractivity contribution in [3.8, 4) is 0 Å². The van der Waals surface area contributed by atoms with Gasteiger partial charge in [-0.05, 0) is 26.7 Å². The molecule has 3 unspecified atom stereocenters. The first-order valence-electron chi connectivity index (χ1n) is 8.87. The van der Waals surface area contributed by atoms with Crippen LogP contribution in [0.1, 0.15) is 60.8 Å². The Balaban J connectivity index is 2.32. The van der Waals surface area contributed by atoms with Crippen molar-refractivity contribution in [2.45, 2.75) is 77.7 Å². The second-order valence-electron chi connectivity index (χ2n) is 8.40. The predicted octanol–water partition coefficient (Wildman–Crippen LogP) is 3.45. The molecule has 0 radical (unpaired) electrons. The van der Waals surface area contributed by atoms with Gasteiger partial charge in [-0.3, -0.25) is 0 Å². The summed E-state index contributed by atoms with van der Waals surface area (Å²) in [4.78, 5) is 0. The van der Waals surface area contributed by atoms with E-state index in [2.05, 4.69) is 41.5 Å². The summed E-state index contributed by atoms with van der Waals surface area (Å²) in [5, 5.41) is 12.5. The molecule has 3 atom stereocenters. The highest BCUT2D eigenvalue weighted by molar-refractivity contribution is 5.08. The van der Waals surface area contributed by atoms with E-state index in [-0.39, 0.29) is 22.4 Å². The topological polar surface area (TPSA) is 51.2 Å². The van der Waals surface area contributed by atoms with Crippen molar-refractivity contribution in [3.63, 3.8) is 0 Å². The van der Waals surface area contributed by atoms with Crippen molar-refractivity contribution >= 4 is 0 Å². The SMILES string of the molecule is CCC1(C)CC2(OCC(C)(COC)CO2)C(C)C(C)(CC)N1O. The van der Waals surface area contributed by atoms with Crippen molar-refractivity contribution < 1.29 is 19.4 Å². The summed E-state index contributed by atoms with van der Waals surface area (Å²) in [5.41, 5.74) is -0.842. The Hall–Kier alpha value is -0.200. The van der Waals surface area contributed by atoms with Gasteiger partial charge < -0.3 is 19.4 Å². The van der Waals surface area contributed by atoms with Crippen molar-refractivity contribution in [1.82, 2.24) is 5.06 Å². The maximum absolute atomic E-state index is 10.9. The molecule has 1 N–H and O–H groups in total. The standard InChI is InChI=1S/C18H35NO4/c1-8-16(5)10-18(14(3)17(6,9-2)19(16)20)22-12-15(4,11-21-7)13-23-18/h14,20H,8-13H2,1-7H3. The van der Waals surface area contributed by atoms with Crippen LogP contribution in [0.15, 0.2) is 0 Å². The van der Waals surface area contributed by atoms with Crippen LogP contribution in [0.4, 0.5) is 0 Å². The highest BCUT2D eigenvalue weighted by Crippen LogP contribution is 2.53. The zero-order valence-electron chi connectivity index (χ0n) is 15.9. The Bertz CT molecular complexity index is 421. The number of nitrogens with zero attached hydrogens (tertiary/aromatic N) is 1. The maximum Gasteiger partial charge on any atom is 0.174 e. The lowest BCUT2D eigenvalue weighted by Crippen LogP contribution is -2.73. The van der Waals surface area contributed by atoms with Gasteiger partial charge in [0.15, 0.2) is 5.79 Å². The molecule has 2 aliphatic rings. The van der Waals surface area contributed by atoms with Gasteiger partial charge in [0, 0.05) is 30.4 Å². The molecule has 0 aromatic heterocycles. The van der Waals surface area contributed by atoms with Crippen LogP contribution in [0.5, 0.6) is 0 Å². The van der Waals surface area contributed by atoms with Crippen LogP contribution in [0, 0.1) is 11.3 Å². The van der Waals surface area contributed by atoms with Gasteiger partial charge in [0.05, 0.1) is 25.4 Å². The minimum atomic E-state index is -0.637. The highest BCUT2D eigenvalue weighted by atomic mass is 16.7. The van der Waals surface area contributed by atoms with Gasteiger partial charge in [-0.2, -0.15) is 5.06 Å². The average molecular weight is 329 g/mol. The molecule has 5 nitrogen and oxygen atoms in total. The molecule has 2 heterocycles. The first-order valence-corrected chi connectivity index (χ1v) is 8.87. The minimum Gasteiger partial charge on any atom is -0.384 e. The fourth-order valence-corrected chi connectivity index (χ4v) is 4.22. The number of methoxy groups -OCH3 is 1. The Morgan fingerprint density at radius 3 is 2.13 bits per heavy atom. The molecule has 0 aromatic rings. The molecule has 2 aliphatic heterocycles. The zero-order chi connectivity index (χ0) is 17.5. The van der Waals surface area contributed by atoms with Crippen LogP contribution in [0.25, 0.3) is 0 Å². The molecule has 23 heavy (non-hydrogen) atoms. The summed E-state index contributed by atoms with van der Waals surface area (Å²) in [6.45, 7) is 14.6. The molecule has 0 saturated carbocycles. The number of piperidine rings is 1. The average Bonchev–Trinajstić information content (AvgIpc) is 2.54. The van der Waals surface area contributed by atoms with E-state index in [0.29, 0.717) is 26.2 Å². The largest absolute Gasteiger partial charge is 0.384 e. The van der Waals surface area contributed by atoms with Crippen LogP contribution in [0.2, 0.25) is 0 Å². The Morgan fingerprint density at radius 1 is 1.13 bits per heavy atom. The second kappa shape index (κ2) is 6.26.